The molecule has 2 heterocycles. The van der Waals surface area contributed by atoms with Gasteiger partial charge in [0.25, 0.3) is 5.91 Å². The first-order chi connectivity index (χ1) is 13.4. The van der Waals surface area contributed by atoms with Gasteiger partial charge in [-0.25, -0.2) is 0 Å². The van der Waals surface area contributed by atoms with Crippen molar-refractivity contribution in [2.75, 3.05) is 40.3 Å². The minimum Gasteiger partial charge on any atom is -0.356 e. The number of carbonyl (C=O) groups excluding carboxylic acids is 2. The van der Waals surface area contributed by atoms with E-state index in [1.807, 2.05) is 54.0 Å². The van der Waals surface area contributed by atoms with Crippen molar-refractivity contribution in [2.45, 2.75) is 32.0 Å². The standard InChI is InChI=1S/C22H31N3O3/c1-14(2)25-19(26)13-28-21(20(25)15-8-6-5-7-9-15)22(27)24-11-17-16(10-23(3)4)18(17)12-24/h5-9,14,16-18,20-21H,10-13H2,1-4H3/t16?,17-,18+,20-,21+/m1/s1. The second-order valence-corrected chi connectivity index (χ2v) is 8.98. The molecule has 2 amide bonds. The molecule has 1 aromatic carbocycles. The number of rotatable bonds is 5. The number of benzene rings is 1. The van der Waals surface area contributed by atoms with Gasteiger partial charge in [-0.15, -0.1) is 0 Å². The highest BCUT2D eigenvalue weighted by Crippen LogP contribution is 2.52. The first kappa shape index (κ1) is 19.4. The molecule has 0 aromatic heterocycles. The predicted molar refractivity (Wildman–Crippen MR) is 107 cm³/mol. The number of hydrogen-bond acceptors (Lipinski definition) is 4. The summed E-state index contributed by atoms with van der Waals surface area (Å²) in [7, 11) is 4.21. The van der Waals surface area contributed by atoms with Crippen molar-refractivity contribution >= 4 is 11.8 Å². The van der Waals surface area contributed by atoms with Gasteiger partial charge >= 0.3 is 0 Å². The van der Waals surface area contributed by atoms with Gasteiger partial charge in [0, 0.05) is 25.7 Å². The van der Waals surface area contributed by atoms with Crippen LogP contribution in [-0.2, 0) is 14.3 Å². The maximum absolute atomic E-state index is 13.4. The van der Waals surface area contributed by atoms with E-state index in [1.54, 1.807) is 0 Å². The van der Waals surface area contributed by atoms with Crippen LogP contribution in [0.15, 0.2) is 30.3 Å². The van der Waals surface area contributed by atoms with Gasteiger partial charge in [0.15, 0.2) is 6.10 Å². The SMILES string of the molecule is CC(C)N1C(=O)CO[C@H](C(=O)N2C[C@@H]3C(CN(C)C)[C@@H]3C2)[C@H]1c1ccccc1. The third-order valence-corrected chi connectivity index (χ3v) is 6.46. The van der Waals surface area contributed by atoms with Crippen LogP contribution in [0.5, 0.6) is 0 Å². The zero-order valence-corrected chi connectivity index (χ0v) is 17.2. The first-order valence-corrected chi connectivity index (χ1v) is 10.3. The van der Waals surface area contributed by atoms with E-state index >= 15 is 0 Å². The van der Waals surface area contributed by atoms with Crippen molar-refractivity contribution in [3.8, 4) is 0 Å². The number of likely N-dealkylation sites (tertiary alicyclic amines) is 1. The first-order valence-electron chi connectivity index (χ1n) is 10.3. The lowest BCUT2D eigenvalue weighted by Gasteiger charge is -2.43. The zero-order valence-electron chi connectivity index (χ0n) is 17.2. The minimum atomic E-state index is -0.632. The molecule has 0 bridgehead atoms. The highest BCUT2D eigenvalue weighted by molar-refractivity contribution is 5.87. The summed E-state index contributed by atoms with van der Waals surface area (Å²) >= 11 is 0. The fourth-order valence-corrected chi connectivity index (χ4v) is 5.13. The summed E-state index contributed by atoms with van der Waals surface area (Å²) in [5, 5.41) is 0. The monoisotopic (exact) mass is 385 g/mol. The average molecular weight is 386 g/mol. The molecular formula is C22H31N3O3. The number of nitrogens with zero attached hydrogens (tertiary/aromatic N) is 3. The normalized spacial score (nSPS) is 32.2. The van der Waals surface area contributed by atoms with Crippen LogP contribution in [0.2, 0.25) is 0 Å². The Morgan fingerprint density at radius 3 is 2.39 bits per heavy atom. The molecule has 0 spiro atoms. The van der Waals surface area contributed by atoms with Crippen LogP contribution in [0.4, 0.5) is 0 Å². The number of piperidine rings is 1. The second-order valence-electron chi connectivity index (χ2n) is 8.98. The van der Waals surface area contributed by atoms with Gasteiger partial charge in [0.05, 0.1) is 6.04 Å². The smallest absolute Gasteiger partial charge is 0.254 e. The van der Waals surface area contributed by atoms with Gasteiger partial charge in [-0.05, 0) is 51.3 Å². The summed E-state index contributed by atoms with van der Waals surface area (Å²) in [4.78, 5) is 32.0. The minimum absolute atomic E-state index is 0.00774. The molecule has 1 saturated carbocycles. The summed E-state index contributed by atoms with van der Waals surface area (Å²) in [6.45, 7) is 6.70. The van der Waals surface area contributed by atoms with Crippen molar-refractivity contribution in [1.82, 2.24) is 14.7 Å². The maximum Gasteiger partial charge on any atom is 0.254 e. The van der Waals surface area contributed by atoms with Crippen molar-refractivity contribution in [3.63, 3.8) is 0 Å². The fraction of sp³-hybridized carbons (Fsp3) is 0.636. The van der Waals surface area contributed by atoms with Crippen molar-refractivity contribution in [2.24, 2.45) is 17.8 Å². The zero-order chi connectivity index (χ0) is 20.0. The molecule has 0 radical (unpaired) electrons. The van der Waals surface area contributed by atoms with Crippen LogP contribution in [0, 0.1) is 17.8 Å². The lowest BCUT2D eigenvalue weighted by molar-refractivity contribution is -0.171. The summed E-state index contributed by atoms with van der Waals surface area (Å²) in [5.74, 6) is 1.93. The van der Waals surface area contributed by atoms with E-state index in [9.17, 15) is 9.59 Å². The summed E-state index contributed by atoms with van der Waals surface area (Å²) < 4.78 is 5.86. The molecule has 3 fully saturated rings. The molecule has 1 aliphatic carbocycles. The highest BCUT2D eigenvalue weighted by atomic mass is 16.5. The fourth-order valence-electron chi connectivity index (χ4n) is 5.13. The molecule has 6 heteroatoms. The van der Waals surface area contributed by atoms with E-state index < -0.39 is 6.10 Å². The van der Waals surface area contributed by atoms with Gasteiger partial charge in [-0.3, -0.25) is 9.59 Å². The van der Waals surface area contributed by atoms with E-state index in [0.717, 1.165) is 25.2 Å². The molecule has 6 nitrogen and oxygen atoms in total. The molecule has 152 valence electrons. The molecule has 28 heavy (non-hydrogen) atoms. The predicted octanol–water partition coefficient (Wildman–Crippen LogP) is 1.63. The highest BCUT2D eigenvalue weighted by Gasteiger charge is 2.57. The molecule has 2 aliphatic heterocycles. The quantitative estimate of drug-likeness (QED) is 0.773. The molecule has 0 N–H and O–H groups in total. The van der Waals surface area contributed by atoms with Crippen molar-refractivity contribution in [3.05, 3.63) is 35.9 Å². The maximum atomic E-state index is 13.4. The van der Waals surface area contributed by atoms with Crippen LogP contribution < -0.4 is 0 Å². The largest absolute Gasteiger partial charge is 0.356 e. The Balaban J connectivity index is 1.52. The Bertz CT molecular complexity index is 724. The summed E-state index contributed by atoms with van der Waals surface area (Å²) in [6.07, 6.45) is -0.632. The summed E-state index contributed by atoms with van der Waals surface area (Å²) in [5.41, 5.74) is 0.956. The molecule has 3 aliphatic rings. The average Bonchev–Trinajstić information content (AvgIpc) is 3.10. The van der Waals surface area contributed by atoms with Crippen LogP contribution in [0.25, 0.3) is 0 Å². The van der Waals surface area contributed by atoms with Gasteiger partial charge in [0.1, 0.15) is 6.61 Å². The molecule has 1 unspecified atom stereocenters. The van der Waals surface area contributed by atoms with Crippen LogP contribution in [-0.4, -0.2) is 79.0 Å². The molecule has 1 aromatic rings. The molecule has 4 rings (SSSR count). The van der Waals surface area contributed by atoms with Crippen LogP contribution >= 0.6 is 0 Å². The topological polar surface area (TPSA) is 53.1 Å². The number of ether oxygens (including phenoxy) is 1. The Hall–Kier alpha value is -1.92. The number of amides is 2. The molecular weight excluding hydrogens is 354 g/mol. The van der Waals surface area contributed by atoms with Crippen molar-refractivity contribution < 1.29 is 14.3 Å². The van der Waals surface area contributed by atoms with Crippen LogP contribution in [0.1, 0.15) is 25.5 Å². The second kappa shape index (κ2) is 7.48. The molecule has 2 saturated heterocycles. The van der Waals surface area contributed by atoms with E-state index in [2.05, 4.69) is 19.0 Å². The number of hydrogen-bond donors (Lipinski definition) is 0. The Morgan fingerprint density at radius 1 is 1.18 bits per heavy atom. The van der Waals surface area contributed by atoms with E-state index in [1.165, 1.54) is 0 Å². The molecule has 5 atom stereocenters. The third kappa shape index (κ3) is 3.44. The number of fused-ring (bicyclic) bond motifs is 1. The third-order valence-electron chi connectivity index (χ3n) is 6.46. The Kier molecular flexibility index (Phi) is 5.19. The van der Waals surface area contributed by atoms with Crippen molar-refractivity contribution in [1.29, 1.82) is 0 Å². The summed E-state index contributed by atoms with van der Waals surface area (Å²) in [6, 6.07) is 9.45. The lowest BCUT2D eigenvalue weighted by atomic mass is 9.95. The lowest BCUT2D eigenvalue weighted by Crippen LogP contribution is -2.57. The van der Waals surface area contributed by atoms with Gasteiger partial charge in [-0.1, -0.05) is 30.3 Å². The van der Waals surface area contributed by atoms with Gasteiger partial charge in [-0.2, -0.15) is 0 Å². The van der Waals surface area contributed by atoms with Gasteiger partial charge in [0.2, 0.25) is 5.91 Å². The Morgan fingerprint density at radius 2 is 1.82 bits per heavy atom. The van der Waals surface area contributed by atoms with Gasteiger partial charge < -0.3 is 19.4 Å². The van der Waals surface area contributed by atoms with E-state index in [-0.39, 0.29) is 30.5 Å². The number of morpholine rings is 1. The van der Waals surface area contributed by atoms with E-state index in [0.29, 0.717) is 17.8 Å². The van der Waals surface area contributed by atoms with Crippen LogP contribution in [0.3, 0.4) is 0 Å². The number of carbonyl (C=O) groups is 2. The van der Waals surface area contributed by atoms with E-state index in [4.69, 9.17) is 4.74 Å². The Labute approximate surface area is 167 Å².